The molecular weight excluding hydrogens is 456 g/mol. The summed E-state index contributed by atoms with van der Waals surface area (Å²) in [6.45, 7) is 8.55. The lowest BCUT2D eigenvalue weighted by molar-refractivity contribution is 0.386. The van der Waals surface area contributed by atoms with Gasteiger partial charge in [-0.3, -0.25) is 0 Å². The van der Waals surface area contributed by atoms with E-state index in [9.17, 15) is 16.8 Å². The van der Waals surface area contributed by atoms with Crippen LogP contribution in [0.4, 0.5) is 0 Å². The van der Waals surface area contributed by atoms with Crippen molar-refractivity contribution in [3.8, 4) is 0 Å². The molecule has 0 spiro atoms. The second kappa shape index (κ2) is 12.3. The predicted octanol–water partition coefficient (Wildman–Crippen LogP) is 4.69. The number of hydrogen-bond acceptors (Lipinski definition) is 4. The van der Waals surface area contributed by atoms with E-state index < -0.39 is 20.0 Å². The van der Waals surface area contributed by atoms with Crippen LogP contribution in [-0.4, -0.2) is 51.6 Å². The first-order chi connectivity index (χ1) is 15.5. The van der Waals surface area contributed by atoms with Crippen molar-refractivity contribution >= 4 is 20.0 Å². The fraction of sp³-hybridized carbons (Fsp3) is 0.360. The minimum atomic E-state index is -3.70. The molecule has 0 bridgehead atoms. The second-order valence-electron chi connectivity index (χ2n) is 8.27. The number of hydrogen-bond donors (Lipinski definition) is 0. The molecule has 0 aliphatic heterocycles. The van der Waals surface area contributed by atoms with Gasteiger partial charge in [-0.15, -0.1) is 0 Å². The van der Waals surface area contributed by atoms with Gasteiger partial charge in [-0.2, -0.15) is 8.61 Å². The largest absolute Gasteiger partial charge is 0.243 e. The number of nitrogens with zero attached hydrogens (tertiary/aromatic N) is 2. The van der Waals surface area contributed by atoms with Gasteiger partial charge in [-0.25, -0.2) is 16.8 Å². The molecule has 0 fully saturated rings. The van der Waals surface area contributed by atoms with Crippen LogP contribution in [0.25, 0.3) is 0 Å². The van der Waals surface area contributed by atoms with Crippen molar-refractivity contribution in [2.24, 2.45) is 0 Å². The van der Waals surface area contributed by atoms with E-state index in [1.807, 2.05) is 39.8 Å². The maximum atomic E-state index is 13.2. The monoisotopic (exact) mass is 490 g/mol. The highest BCUT2D eigenvalue weighted by Gasteiger charge is 2.26. The van der Waals surface area contributed by atoms with Crippen LogP contribution >= 0.6 is 0 Å². The molecule has 0 amide bonds. The molecular formula is C25H34N2O4S2. The summed E-state index contributed by atoms with van der Waals surface area (Å²) in [5, 5.41) is 0. The highest BCUT2D eigenvalue weighted by atomic mass is 32.2. The number of benzene rings is 2. The Balaban J connectivity index is 2.24. The molecule has 0 aliphatic carbocycles. The molecule has 2 aromatic rings. The second-order valence-corrected chi connectivity index (χ2v) is 12.1. The van der Waals surface area contributed by atoms with Crippen molar-refractivity contribution in [2.45, 2.75) is 43.9 Å². The van der Waals surface area contributed by atoms with Gasteiger partial charge >= 0.3 is 0 Å². The molecule has 2 aromatic carbocycles. The highest BCUT2D eigenvalue weighted by Crippen LogP contribution is 2.19. The normalized spacial score (nSPS) is 12.1. The van der Waals surface area contributed by atoms with Crippen molar-refractivity contribution in [1.82, 2.24) is 8.61 Å². The van der Waals surface area contributed by atoms with Crippen LogP contribution in [0, 0.1) is 0 Å². The Kier molecular flexibility index (Phi) is 10.0. The predicted molar refractivity (Wildman–Crippen MR) is 134 cm³/mol. The minimum absolute atomic E-state index is 0.205. The molecule has 8 heteroatoms. The molecule has 0 atom stereocenters. The Morgan fingerprint density at radius 3 is 1.27 bits per heavy atom. The smallest absolute Gasteiger partial charge is 0.207 e. The molecule has 0 saturated heterocycles. The zero-order valence-corrected chi connectivity index (χ0v) is 21.4. The topological polar surface area (TPSA) is 74.8 Å². The van der Waals surface area contributed by atoms with Gasteiger partial charge < -0.3 is 0 Å². The summed E-state index contributed by atoms with van der Waals surface area (Å²) in [5.74, 6) is 0. The van der Waals surface area contributed by atoms with Crippen molar-refractivity contribution < 1.29 is 16.8 Å². The fourth-order valence-corrected chi connectivity index (χ4v) is 5.97. The highest BCUT2D eigenvalue weighted by molar-refractivity contribution is 7.89. The first kappa shape index (κ1) is 27.0. The number of allylic oxidation sites excluding steroid dienone is 2. The zero-order valence-electron chi connectivity index (χ0n) is 19.8. The van der Waals surface area contributed by atoms with E-state index in [-0.39, 0.29) is 36.0 Å². The summed E-state index contributed by atoms with van der Waals surface area (Å²) in [6.07, 6.45) is 4.09. The van der Waals surface area contributed by atoms with E-state index >= 15 is 0 Å². The lowest BCUT2D eigenvalue weighted by Gasteiger charge is -2.24. The van der Waals surface area contributed by atoms with Crippen LogP contribution in [-0.2, 0) is 20.0 Å². The van der Waals surface area contributed by atoms with Gasteiger partial charge in [0, 0.05) is 26.2 Å². The Morgan fingerprint density at radius 1 is 0.636 bits per heavy atom. The van der Waals surface area contributed by atoms with Gasteiger partial charge in [0.2, 0.25) is 20.0 Å². The maximum Gasteiger partial charge on any atom is 0.243 e. The number of sulfonamides is 2. The average Bonchev–Trinajstić information content (AvgIpc) is 2.78. The van der Waals surface area contributed by atoms with Crippen LogP contribution in [0.2, 0.25) is 0 Å². The van der Waals surface area contributed by atoms with Crippen LogP contribution < -0.4 is 0 Å². The van der Waals surface area contributed by atoms with Crippen LogP contribution in [0.3, 0.4) is 0 Å². The molecule has 0 N–H and O–H groups in total. The summed E-state index contributed by atoms with van der Waals surface area (Å²) in [4.78, 5) is 0.455. The van der Waals surface area contributed by atoms with Gasteiger partial charge in [-0.1, -0.05) is 59.7 Å². The third-order valence-electron chi connectivity index (χ3n) is 4.98. The van der Waals surface area contributed by atoms with Crippen molar-refractivity contribution in [2.75, 3.05) is 26.2 Å². The van der Waals surface area contributed by atoms with E-state index in [1.165, 1.54) is 8.61 Å². The van der Waals surface area contributed by atoms with E-state index in [2.05, 4.69) is 0 Å². The zero-order chi connectivity index (χ0) is 24.5. The SMILES string of the molecule is CC(C)=CCN(CCCN(CC=C(C)C)S(=O)(=O)c1ccccc1)S(=O)(=O)c1ccccc1. The maximum absolute atomic E-state index is 13.2. The van der Waals surface area contributed by atoms with Crippen molar-refractivity contribution in [3.05, 3.63) is 84.0 Å². The van der Waals surface area contributed by atoms with Crippen molar-refractivity contribution in [3.63, 3.8) is 0 Å². The third-order valence-corrected chi connectivity index (χ3v) is 8.74. The van der Waals surface area contributed by atoms with E-state index in [0.717, 1.165) is 11.1 Å². The molecule has 0 aliphatic rings. The molecule has 0 radical (unpaired) electrons. The molecule has 0 heterocycles. The van der Waals surface area contributed by atoms with Crippen LogP contribution in [0.5, 0.6) is 0 Å². The lowest BCUT2D eigenvalue weighted by Crippen LogP contribution is -2.37. The van der Waals surface area contributed by atoms with E-state index in [4.69, 9.17) is 0 Å². The summed E-state index contributed by atoms with van der Waals surface area (Å²) in [7, 11) is -7.40. The molecule has 0 unspecified atom stereocenters. The Bertz CT molecular complexity index is 1060. The Hall–Kier alpha value is -2.26. The Labute approximate surface area is 199 Å². The van der Waals surface area contributed by atoms with Crippen molar-refractivity contribution in [1.29, 1.82) is 0 Å². The van der Waals surface area contributed by atoms with E-state index in [0.29, 0.717) is 6.42 Å². The first-order valence-corrected chi connectivity index (χ1v) is 13.8. The molecule has 33 heavy (non-hydrogen) atoms. The average molecular weight is 491 g/mol. The molecule has 6 nitrogen and oxygen atoms in total. The standard InChI is InChI=1S/C25H34N2O4S2/c1-22(2)16-20-26(32(28,29)24-12-7-5-8-13-24)18-11-19-27(21-17-23(3)4)33(30,31)25-14-9-6-10-15-25/h5-10,12-17H,11,18-21H2,1-4H3. The van der Waals surface area contributed by atoms with Crippen LogP contribution in [0.15, 0.2) is 93.8 Å². The Morgan fingerprint density at radius 2 is 0.970 bits per heavy atom. The molecule has 2 rings (SSSR count). The van der Waals surface area contributed by atoms with Gasteiger partial charge in [-0.05, 0) is 58.4 Å². The lowest BCUT2D eigenvalue weighted by atomic mass is 10.3. The van der Waals surface area contributed by atoms with Gasteiger partial charge in [0.15, 0.2) is 0 Å². The summed E-state index contributed by atoms with van der Waals surface area (Å²) < 4.78 is 55.6. The summed E-state index contributed by atoms with van der Waals surface area (Å²) >= 11 is 0. The fourth-order valence-electron chi connectivity index (χ4n) is 3.09. The molecule has 0 saturated carbocycles. The van der Waals surface area contributed by atoms with Gasteiger partial charge in [0.25, 0.3) is 0 Å². The number of rotatable bonds is 12. The molecule has 180 valence electrons. The molecule has 0 aromatic heterocycles. The first-order valence-electron chi connectivity index (χ1n) is 10.9. The van der Waals surface area contributed by atoms with Crippen LogP contribution in [0.1, 0.15) is 34.1 Å². The summed E-state index contributed by atoms with van der Waals surface area (Å²) in [5.41, 5.74) is 2.03. The van der Waals surface area contributed by atoms with Gasteiger partial charge in [0.05, 0.1) is 9.79 Å². The third kappa shape index (κ3) is 7.92. The van der Waals surface area contributed by atoms with E-state index in [1.54, 1.807) is 60.7 Å². The summed E-state index contributed by atoms with van der Waals surface area (Å²) in [6, 6.07) is 16.6. The van der Waals surface area contributed by atoms with Gasteiger partial charge in [0.1, 0.15) is 0 Å². The quantitative estimate of drug-likeness (QED) is 0.405. The minimum Gasteiger partial charge on any atom is -0.207 e.